The summed E-state index contributed by atoms with van der Waals surface area (Å²) >= 11 is 2.00. The van der Waals surface area contributed by atoms with Gasteiger partial charge in [-0.1, -0.05) is 26.0 Å². The Morgan fingerprint density at radius 3 is 2.89 bits per heavy atom. The van der Waals surface area contributed by atoms with Crippen LogP contribution >= 0.6 is 11.8 Å². The lowest BCUT2D eigenvalue weighted by atomic mass is 10.1. The fraction of sp³-hybridized carbons (Fsp3) is 0.500. The zero-order valence-corrected chi connectivity index (χ0v) is 12.8. The van der Waals surface area contributed by atoms with E-state index >= 15 is 0 Å². The van der Waals surface area contributed by atoms with E-state index in [9.17, 15) is 0 Å². The van der Waals surface area contributed by atoms with Gasteiger partial charge in [-0.3, -0.25) is 0 Å². The topological polar surface area (TPSA) is 17.0 Å². The quantitative estimate of drug-likeness (QED) is 0.737. The first-order valence-corrected chi connectivity index (χ1v) is 8.37. The lowest BCUT2D eigenvalue weighted by molar-refractivity contribution is 0.675. The Kier molecular flexibility index (Phi) is 5.80. The summed E-state index contributed by atoms with van der Waals surface area (Å²) in [6.45, 7) is 7.58. The van der Waals surface area contributed by atoms with Crippen molar-refractivity contribution < 1.29 is 0 Å². The van der Waals surface area contributed by atoms with Crippen LogP contribution in [0.25, 0.3) is 10.9 Å². The number of nitrogens with zero attached hydrogens (tertiary/aromatic N) is 1. The van der Waals surface area contributed by atoms with E-state index < -0.39 is 0 Å². The van der Waals surface area contributed by atoms with Gasteiger partial charge in [0.05, 0.1) is 0 Å². The van der Waals surface area contributed by atoms with Crippen LogP contribution in [-0.2, 0) is 13.1 Å². The first kappa shape index (κ1) is 14.5. The van der Waals surface area contributed by atoms with Gasteiger partial charge in [-0.2, -0.15) is 11.8 Å². The number of hydrogen-bond acceptors (Lipinski definition) is 2. The standard InChI is InChI=1S/C16H24N2S/c1-3-8-17-13-14-5-6-15-7-9-18(16(15)12-14)10-11-19-4-2/h5-7,9,12,17H,3-4,8,10-11,13H2,1-2H3. The van der Waals surface area contributed by atoms with Gasteiger partial charge in [0.2, 0.25) is 0 Å². The lowest BCUT2D eigenvalue weighted by Crippen LogP contribution is -2.13. The molecule has 0 bridgehead atoms. The van der Waals surface area contributed by atoms with Crippen molar-refractivity contribution in [1.29, 1.82) is 0 Å². The fourth-order valence-corrected chi connectivity index (χ4v) is 2.87. The summed E-state index contributed by atoms with van der Waals surface area (Å²) in [5, 5.41) is 4.81. The summed E-state index contributed by atoms with van der Waals surface area (Å²) in [5.41, 5.74) is 2.75. The zero-order valence-electron chi connectivity index (χ0n) is 12.0. The lowest BCUT2D eigenvalue weighted by Gasteiger charge is -2.07. The van der Waals surface area contributed by atoms with Gasteiger partial charge >= 0.3 is 0 Å². The summed E-state index contributed by atoms with van der Waals surface area (Å²) in [7, 11) is 0. The van der Waals surface area contributed by atoms with Gasteiger partial charge in [0.1, 0.15) is 0 Å². The average molecular weight is 276 g/mol. The molecular weight excluding hydrogens is 252 g/mol. The minimum absolute atomic E-state index is 0.971. The van der Waals surface area contributed by atoms with E-state index in [-0.39, 0.29) is 0 Å². The minimum Gasteiger partial charge on any atom is -0.347 e. The maximum atomic E-state index is 3.47. The maximum Gasteiger partial charge on any atom is 0.0483 e. The monoisotopic (exact) mass is 276 g/mol. The predicted octanol–water partition coefficient (Wildman–Crippen LogP) is 3.89. The van der Waals surface area contributed by atoms with E-state index in [0.29, 0.717) is 0 Å². The molecule has 2 aromatic rings. The third-order valence-corrected chi connectivity index (χ3v) is 4.15. The normalized spacial score (nSPS) is 11.3. The fourth-order valence-electron chi connectivity index (χ4n) is 2.25. The second-order valence-electron chi connectivity index (χ2n) is 4.78. The van der Waals surface area contributed by atoms with Gasteiger partial charge in [-0.05, 0) is 41.8 Å². The Morgan fingerprint density at radius 1 is 1.21 bits per heavy atom. The molecule has 104 valence electrons. The second kappa shape index (κ2) is 7.61. The number of benzene rings is 1. The van der Waals surface area contributed by atoms with Crippen LogP contribution in [-0.4, -0.2) is 22.6 Å². The molecule has 0 atom stereocenters. The molecule has 0 saturated carbocycles. The Balaban J connectivity index is 2.08. The summed E-state index contributed by atoms with van der Waals surface area (Å²) < 4.78 is 2.38. The Morgan fingerprint density at radius 2 is 2.11 bits per heavy atom. The SMILES string of the molecule is CCCNCc1ccc2ccn(CCSCC)c2c1. The van der Waals surface area contributed by atoms with Crippen LogP contribution in [0.3, 0.4) is 0 Å². The molecule has 1 heterocycles. The van der Waals surface area contributed by atoms with Crippen LogP contribution in [0.2, 0.25) is 0 Å². The highest BCUT2D eigenvalue weighted by Gasteiger charge is 2.02. The first-order valence-electron chi connectivity index (χ1n) is 7.21. The molecule has 1 N–H and O–H groups in total. The Hall–Kier alpha value is -0.930. The molecule has 3 heteroatoms. The predicted molar refractivity (Wildman–Crippen MR) is 86.9 cm³/mol. The van der Waals surface area contributed by atoms with Gasteiger partial charge in [-0.15, -0.1) is 0 Å². The molecule has 0 aliphatic carbocycles. The van der Waals surface area contributed by atoms with Crippen LogP contribution < -0.4 is 5.32 Å². The van der Waals surface area contributed by atoms with Crippen LogP contribution in [0, 0.1) is 0 Å². The molecule has 19 heavy (non-hydrogen) atoms. The first-order chi connectivity index (χ1) is 9.35. The van der Waals surface area contributed by atoms with Crippen molar-refractivity contribution in [2.75, 3.05) is 18.1 Å². The molecule has 0 spiro atoms. The van der Waals surface area contributed by atoms with Crippen molar-refractivity contribution in [2.24, 2.45) is 0 Å². The van der Waals surface area contributed by atoms with Crippen molar-refractivity contribution in [3.05, 3.63) is 36.0 Å². The summed E-state index contributed by atoms with van der Waals surface area (Å²) in [6.07, 6.45) is 3.40. The number of hydrogen-bond donors (Lipinski definition) is 1. The van der Waals surface area contributed by atoms with Crippen LogP contribution in [0.5, 0.6) is 0 Å². The molecule has 0 aliphatic rings. The zero-order chi connectivity index (χ0) is 13.5. The van der Waals surface area contributed by atoms with E-state index in [1.807, 2.05) is 11.8 Å². The van der Waals surface area contributed by atoms with Crippen LogP contribution in [0.4, 0.5) is 0 Å². The largest absolute Gasteiger partial charge is 0.347 e. The summed E-state index contributed by atoms with van der Waals surface area (Å²) in [4.78, 5) is 0. The van der Waals surface area contributed by atoms with E-state index in [1.54, 1.807) is 0 Å². The molecular formula is C16H24N2S. The molecule has 0 amide bonds. The molecule has 1 aromatic heterocycles. The smallest absolute Gasteiger partial charge is 0.0483 e. The molecule has 1 aromatic carbocycles. The average Bonchev–Trinajstić information content (AvgIpc) is 2.82. The van der Waals surface area contributed by atoms with Gasteiger partial charge in [0, 0.05) is 30.6 Å². The maximum absolute atomic E-state index is 3.47. The second-order valence-corrected chi connectivity index (χ2v) is 6.17. The highest BCUT2D eigenvalue weighted by molar-refractivity contribution is 7.99. The van der Waals surface area contributed by atoms with Crippen molar-refractivity contribution in [3.8, 4) is 0 Å². The summed E-state index contributed by atoms with van der Waals surface area (Å²) in [5.74, 6) is 2.39. The van der Waals surface area contributed by atoms with Crippen molar-refractivity contribution in [2.45, 2.75) is 33.4 Å². The van der Waals surface area contributed by atoms with Crippen molar-refractivity contribution in [3.63, 3.8) is 0 Å². The molecule has 0 radical (unpaired) electrons. The van der Waals surface area contributed by atoms with E-state index in [4.69, 9.17) is 0 Å². The Labute approximate surface area is 120 Å². The van der Waals surface area contributed by atoms with Gasteiger partial charge in [-0.25, -0.2) is 0 Å². The number of aromatic nitrogens is 1. The summed E-state index contributed by atoms with van der Waals surface area (Å²) in [6, 6.07) is 9.02. The van der Waals surface area contributed by atoms with Crippen LogP contribution in [0.15, 0.2) is 30.5 Å². The molecule has 2 nitrogen and oxygen atoms in total. The van der Waals surface area contributed by atoms with E-state index in [2.05, 4.69) is 54.2 Å². The van der Waals surface area contributed by atoms with E-state index in [0.717, 1.165) is 19.6 Å². The highest BCUT2D eigenvalue weighted by atomic mass is 32.2. The van der Waals surface area contributed by atoms with Gasteiger partial charge < -0.3 is 9.88 Å². The molecule has 0 fully saturated rings. The van der Waals surface area contributed by atoms with Crippen LogP contribution in [0.1, 0.15) is 25.8 Å². The highest BCUT2D eigenvalue weighted by Crippen LogP contribution is 2.18. The number of thioether (sulfide) groups is 1. The van der Waals surface area contributed by atoms with Gasteiger partial charge in [0.15, 0.2) is 0 Å². The van der Waals surface area contributed by atoms with Crippen molar-refractivity contribution in [1.82, 2.24) is 9.88 Å². The van der Waals surface area contributed by atoms with E-state index in [1.165, 1.54) is 34.4 Å². The minimum atomic E-state index is 0.971. The molecule has 0 unspecified atom stereocenters. The number of rotatable bonds is 8. The third kappa shape index (κ3) is 4.02. The molecule has 0 saturated heterocycles. The third-order valence-electron chi connectivity index (χ3n) is 3.27. The van der Waals surface area contributed by atoms with Gasteiger partial charge in [0.25, 0.3) is 0 Å². The number of nitrogens with one attached hydrogen (secondary N) is 1. The number of aryl methyl sites for hydroxylation is 1. The number of fused-ring (bicyclic) bond motifs is 1. The molecule has 2 rings (SSSR count). The van der Waals surface area contributed by atoms with Crippen molar-refractivity contribution >= 4 is 22.7 Å². The Bertz CT molecular complexity index is 504. The molecule has 0 aliphatic heterocycles.